The summed E-state index contributed by atoms with van der Waals surface area (Å²) in [4.78, 5) is 4.16. The summed E-state index contributed by atoms with van der Waals surface area (Å²) in [5.41, 5.74) is 0.927. The summed E-state index contributed by atoms with van der Waals surface area (Å²) in [6.07, 6.45) is 5.89. The third-order valence-corrected chi connectivity index (χ3v) is 3.65. The number of aromatic nitrogens is 3. The summed E-state index contributed by atoms with van der Waals surface area (Å²) in [5.74, 6) is 0.460. The molecule has 0 bridgehead atoms. The van der Waals surface area contributed by atoms with Crippen LogP contribution in [0.1, 0.15) is 18.9 Å². The predicted molar refractivity (Wildman–Crippen MR) is 64.1 cm³/mol. The van der Waals surface area contributed by atoms with E-state index in [0.717, 1.165) is 28.3 Å². The lowest BCUT2D eigenvalue weighted by Gasteiger charge is -2.33. The van der Waals surface area contributed by atoms with Crippen molar-refractivity contribution in [1.82, 2.24) is 14.8 Å². The maximum Gasteiger partial charge on any atom is 0.111 e. The number of aliphatic hydroxyl groups is 1. The Morgan fingerprint density at radius 3 is 3.06 bits per heavy atom. The molecule has 0 aromatic carbocycles. The monoisotopic (exact) mass is 281 g/mol. The van der Waals surface area contributed by atoms with Gasteiger partial charge in [-0.1, -0.05) is 0 Å². The molecule has 0 saturated heterocycles. The molecule has 0 aliphatic heterocycles. The standard InChI is InChI=1S/C11H12BrN3O/c12-11-3-8-5-15(14-10(8)4-13-11)9-1-7(2-9)6-16/h3-5,7,9,16H,1-2,6H2/t7-,9-. The normalized spacial score (nSPS) is 24.6. The van der Waals surface area contributed by atoms with Crippen LogP contribution in [0.25, 0.3) is 10.9 Å². The van der Waals surface area contributed by atoms with E-state index in [1.165, 1.54) is 0 Å². The molecule has 1 aliphatic carbocycles. The zero-order chi connectivity index (χ0) is 11.1. The van der Waals surface area contributed by atoms with Gasteiger partial charge in [-0.25, -0.2) is 4.98 Å². The third-order valence-electron chi connectivity index (χ3n) is 3.22. The van der Waals surface area contributed by atoms with E-state index in [1.54, 1.807) is 6.20 Å². The summed E-state index contributed by atoms with van der Waals surface area (Å²) in [6.45, 7) is 0.296. The number of nitrogens with zero attached hydrogens (tertiary/aromatic N) is 3. The van der Waals surface area contributed by atoms with Crippen molar-refractivity contribution in [3.05, 3.63) is 23.1 Å². The second kappa shape index (κ2) is 3.82. The van der Waals surface area contributed by atoms with Gasteiger partial charge >= 0.3 is 0 Å². The van der Waals surface area contributed by atoms with Crippen LogP contribution in [0.3, 0.4) is 0 Å². The fourth-order valence-corrected chi connectivity index (χ4v) is 2.52. The molecule has 84 valence electrons. The van der Waals surface area contributed by atoms with Gasteiger partial charge in [-0.15, -0.1) is 0 Å². The van der Waals surface area contributed by atoms with Gasteiger partial charge in [0, 0.05) is 18.2 Å². The molecule has 0 amide bonds. The fourth-order valence-electron chi connectivity index (χ4n) is 2.17. The van der Waals surface area contributed by atoms with Crippen molar-refractivity contribution >= 4 is 26.8 Å². The second-order valence-electron chi connectivity index (χ2n) is 4.35. The Hall–Kier alpha value is -0.940. The Balaban J connectivity index is 1.89. The summed E-state index contributed by atoms with van der Waals surface area (Å²) >= 11 is 3.35. The third kappa shape index (κ3) is 1.64. The zero-order valence-electron chi connectivity index (χ0n) is 8.67. The molecule has 1 fully saturated rings. The molecule has 0 atom stereocenters. The van der Waals surface area contributed by atoms with Crippen LogP contribution >= 0.6 is 15.9 Å². The minimum Gasteiger partial charge on any atom is -0.396 e. The molecule has 2 heterocycles. The van der Waals surface area contributed by atoms with Crippen LogP contribution in [0.5, 0.6) is 0 Å². The van der Waals surface area contributed by atoms with Crippen LogP contribution in [0.15, 0.2) is 23.1 Å². The Labute approximate surface area is 101 Å². The zero-order valence-corrected chi connectivity index (χ0v) is 10.3. The molecular weight excluding hydrogens is 270 g/mol. The van der Waals surface area contributed by atoms with Gasteiger partial charge in [0.05, 0.1) is 12.2 Å². The van der Waals surface area contributed by atoms with Gasteiger partial charge in [0.2, 0.25) is 0 Å². The molecule has 5 heteroatoms. The van der Waals surface area contributed by atoms with Crippen LogP contribution in [-0.2, 0) is 0 Å². The molecule has 0 unspecified atom stereocenters. The molecule has 3 rings (SSSR count). The number of rotatable bonds is 2. The first kappa shape index (κ1) is 10.2. The highest BCUT2D eigenvalue weighted by Gasteiger charge is 2.30. The molecule has 16 heavy (non-hydrogen) atoms. The van der Waals surface area contributed by atoms with Gasteiger partial charge in [-0.2, -0.15) is 5.10 Å². The lowest BCUT2D eigenvalue weighted by molar-refractivity contribution is 0.106. The molecule has 0 radical (unpaired) electrons. The molecule has 4 nitrogen and oxygen atoms in total. The number of halogens is 1. The Kier molecular flexibility index (Phi) is 2.44. The minimum atomic E-state index is 0.296. The first-order chi connectivity index (χ1) is 7.76. The predicted octanol–water partition coefficient (Wildman–Crippen LogP) is 2.14. The summed E-state index contributed by atoms with van der Waals surface area (Å²) in [7, 11) is 0. The number of aliphatic hydroxyl groups excluding tert-OH is 1. The molecule has 1 N–H and O–H groups in total. The van der Waals surface area contributed by atoms with Gasteiger partial charge in [-0.05, 0) is 40.8 Å². The van der Waals surface area contributed by atoms with E-state index >= 15 is 0 Å². The minimum absolute atomic E-state index is 0.296. The van der Waals surface area contributed by atoms with Crippen molar-refractivity contribution in [3.63, 3.8) is 0 Å². The maximum atomic E-state index is 8.98. The van der Waals surface area contributed by atoms with Crippen LogP contribution in [0.4, 0.5) is 0 Å². The quantitative estimate of drug-likeness (QED) is 0.858. The fraction of sp³-hybridized carbons (Fsp3) is 0.455. The van der Waals surface area contributed by atoms with Crippen molar-refractivity contribution in [2.24, 2.45) is 5.92 Å². The van der Waals surface area contributed by atoms with Crippen molar-refractivity contribution in [2.45, 2.75) is 18.9 Å². The SMILES string of the molecule is OC[C@H]1C[C@H](n2cc3cc(Br)ncc3n2)C1. The van der Waals surface area contributed by atoms with Crippen LogP contribution in [0.2, 0.25) is 0 Å². The van der Waals surface area contributed by atoms with E-state index in [-0.39, 0.29) is 0 Å². The first-order valence-corrected chi connectivity index (χ1v) is 6.17. The molecule has 1 aliphatic rings. The smallest absolute Gasteiger partial charge is 0.111 e. The van der Waals surface area contributed by atoms with Crippen molar-refractivity contribution in [1.29, 1.82) is 0 Å². The van der Waals surface area contributed by atoms with Crippen molar-refractivity contribution in [2.75, 3.05) is 6.61 Å². The first-order valence-electron chi connectivity index (χ1n) is 5.37. The van der Waals surface area contributed by atoms with E-state index in [4.69, 9.17) is 5.11 Å². The van der Waals surface area contributed by atoms with Gasteiger partial charge in [0.15, 0.2) is 0 Å². The van der Waals surface area contributed by atoms with E-state index < -0.39 is 0 Å². The molecule has 2 aromatic rings. The highest BCUT2D eigenvalue weighted by molar-refractivity contribution is 9.10. The van der Waals surface area contributed by atoms with E-state index in [0.29, 0.717) is 18.6 Å². The lowest BCUT2D eigenvalue weighted by Crippen LogP contribution is -2.29. The molecule has 0 spiro atoms. The van der Waals surface area contributed by atoms with Gasteiger partial charge in [0.1, 0.15) is 10.1 Å². The van der Waals surface area contributed by atoms with Gasteiger partial charge < -0.3 is 5.11 Å². The molecular formula is C11H12BrN3O. The van der Waals surface area contributed by atoms with Gasteiger partial charge in [-0.3, -0.25) is 4.68 Å². The molecule has 1 saturated carbocycles. The summed E-state index contributed by atoms with van der Waals surface area (Å²) in [6, 6.07) is 2.42. The maximum absolute atomic E-state index is 8.98. The van der Waals surface area contributed by atoms with E-state index in [2.05, 4.69) is 32.2 Å². The second-order valence-corrected chi connectivity index (χ2v) is 5.16. The van der Waals surface area contributed by atoms with Crippen molar-refractivity contribution < 1.29 is 5.11 Å². The van der Waals surface area contributed by atoms with Crippen LogP contribution in [-0.4, -0.2) is 26.5 Å². The highest BCUT2D eigenvalue weighted by Crippen LogP contribution is 2.37. The largest absolute Gasteiger partial charge is 0.396 e. The Morgan fingerprint density at radius 1 is 1.50 bits per heavy atom. The molecule has 2 aromatic heterocycles. The van der Waals surface area contributed by atoms with E-state index in [1.807, 2.05) is 10.7 Å². The topological polar surface area (TPSA) is 50.9 Å². The van der Waals surface area contributed by atoms with Crippen LogP contribution < -0.4 is 0 Å². The Bertz CT molecular complexity index is 519. The van der Waals surface area contributed by atoms with Gasteiger partial charge in [0.25, 0.3) is 0 Å². The summed E-state index contributed by atoms with van der Waals surface area (Å²) in [5, 5.41) is 14.6. The average Bonchev–Trinajstić information content (AvgIpc) is 2.58. The Morgan fingerprint density at radius 2 is 2.31 bits per heavy atom. The number of pyridine rings is 1. The summed E-state index contributed by atoms with van der Waals surface area (Å²) < 4.78 is 2.84. The highest BCUT2D eigenvalue weighted by atomic mass is 79.9. The number of hydrogen-bond donors (Lipinski definition) is 1. The lowest BCUT2D eigenvalue weighted by atomic mass is 9.81. The van der Waals surface area contributed by atoms with Crippen molar-refractivity contribution in [3.8, 4) is 0 Å². The average molecular weight is 282 g/mol. The van der Waals surface area contributed by atoms with E-state index in [9.17, 15) is 0 Å². The number of fused-ring (bicyclic) bond motifs is 1. The number of hydrogen-bond acceptors (Lipinski definition) is 3. The van der Waals surface area contributed by atoms with Crippen LogP contribution in [0, 0.1) is 5.92 Å².